The van der Waals surface area contributed by atoms with Crippen molar-refractivity contribution in [3.8, 4) is 0 Å². The lowest BCUT2D eigenvalue weighted by molar-refractivity contribution is -0.160. The van der Waals surface area contributed by atoms with Crippen molar-refractivity contribution in [2.45, 2.75) is 95.7 Å². The van der Waals surface area contributed by atoms with Crippen LogP contribution in [0.3, 0.4) is 0 Å². The minimum atomic E-state index is -1.15. The van der Waals surface area contributed by atoms with Crippen LogP contribution in [0.5, 0.6) is 0 Å². The summed E-state index contributed by atoms with van der Waals surface area (Å²) in [7, 11) is 0. The first-order chi connectivity index (χ1) is 19.5. The number of amides is 3. The topological polar surface area (TPSA) is 90.4 Å². The van der Waals surface area contributed by atoms with E-state index < -0.39 is 40.7 Å². The molecule has 0 aromatic heterocycles. The van der Waals surface area contributed by atoms with Crippen LogP contribution in [-0.2, 0) is 25.7 Å². The predicted molar refractivity (Wildman–Crippen MR) is 159 cm³/mol. The normalized spacial score (nSPS) is 29.3. The SMILES string of the molecule is C=CCN(Cc1ccccc1)C(=O)[C@@H]1[C@H]2C(=O)N([C@@H](CC)CO)C(C(=O)N(CC=C)C(C)(C)C)C23CC[C@@]1(CC)O3. The second-order valence-corrected chi connectivity index (χ2v) is 12.7. The van der Waals surface area contributed by atoms with Gasteiger partial charge in [-0.05, 0) is 52.0 Å². The number of likely N-dealkylation sites (tertiary alicyclic amines) is 1. The lowest BCUT2D eigenvalue weighted by atomic mass is 9.64. The lowest BCUT2D eigenvalue weighted by Crippen LogP contribution is -2.61. The van der Waals surface area contributed by atoms with E-state index in [0.29, 0.717) is 45.3 Å². The van der Waals surface area contributed by atoms with Crippen molar-refractivity contribution in [2.24, 2.45) is 11.8 Å². The van der Waals surface area contributed by atoms with Gasteiger partial charge in [0, 0.05) is 25.2 Å². The van der Waals surface area contributed by atoms with E-state index in [-0.39, 0.29) is 24.3 Å². The summed E-state index contributed by atoms with van der Waals surface area (Å²) in [5.41, 5.74) is -1.55. The van der Waals surface area contributed by atoms with Crippen molar-refractivity contribution in [3.63, 3.8) is 0 Å². The van der Waals surface area contributed by atoms with Gasteiger partial charge >= 0.3 is 0 Å². The quantitative estimate of drug-likeness (QED) is 0.388. The molecular weight excluding hydrogens is 518 g/mol. The number of carbonyl (C=O) groups excluding carboxylic acids is 3. The highest BCUT2D eigenvalue weighted by molar-refractivity contribution is 5.99. The Hall–Kier alpha value is -2.97. The van der Waals surface area contributed by atoms with E-state index >= 15 is 0 Å². The molecule has 3 fully saturated rings. The first-order valence-electron chi connectivity index (χ1n) is 15.0. The summed E-state index contributed by atoms with van der Waals surface area (Å²) in [5, 5.41) is 10.4. The van der Waals surface area contributed by atoms with Gasteiger partial charge in [0.15, 0.2) is 0 Å². The van der Waals surface area contributed by atoms with Gasteiger partial charge in [0.2, 0.25) is 17.7 Å². The van der Waals surface area contributed by atoms with E-state index in [4.69, 9.17) is 4.74 Å². The zero-order valence-electron chi connectivity index (χ0n) is 25.3. The molecule has 1 spiro atoms. The van der Waals surface area contributed by atoms with Crippen LogP contribution in [0.15, 0.2) is 55.6 Å². The van der Waals surface area contributed by atoms with Crippen molar-refractivity contribution in [2.75, 3.05) is 19.7 Å². The van der Waals surface area contributed by atoms with Gasteiger partial charge in [-0.25, -0.2) is 0 Å². The Kier molecular flexibility index (Phi) is 8.86. The van der Waals surface area contributed by atoms with Crippen LogP contribution in [-0.4, -0.2) is 86.0 Å². The number of benzene rings is 1. The maximum atomic E-state index is 14.6. The average Bonchev–Trinajstić information content (AvgIpc) is 3.55. The second kappa shape index (κ2) is 11.7. The van der Waals surface area contributed by atoms with Gasteiger partial charge in [-0.1, -0.05) is 56.3 Å². The molecule has 0 aliphatic carbocycles. The lowest BCUT2D eigenvalue weighted by Gasteiger charge is -2.43. The first-order valence-corrected chi connectivity index (χ1v) is 15.0. The number of hydrogen-bond donors (Lipinski definition) is 1. The highest BCUT2D eigenvalue weighted by atomic mass is 16.5. The molecule has 6 atom stereocenters. The van der Waals surface area contributed by atoms with Crippen LogP contribution >= 0.6 is 0 Å². The third kappa shape index (κ3) is 5.03. The van der Waals surface area contributed by atoms with Crippen molar-refractivity contribution in [3.05, 3.63) is 61.2 Å². The zero-order valence-corrected chi connectivity index (χ0v) is 25.3. The van der Waals surface area contributed by atoms with Crippen LogP contribution in [0.4, 0.5) is 0 Å². The maximum Gasteiger partial charge on any atom is 0.249 e. The van der Waals surface area contributed by atoms with Crippen LogP contribution in [0.25, 0.3) is 0 Å². The molecule has 41 heavy (non-hydrogen) atoms. The molecule has 1 aromatic rings. The number of aliphatic hydroxyl groups is 1. The molecule has 1 N–H and O–H groups in total. The monoisotopic (exact) mass is 565 g/mol. The van der Waals surface area contributed by atoms with E-state index in [1.165, 1.54) is 0 Å². The molecule has 3 amide bonds. The minimum Gasteiger partial charge on any atom is -0.394 e. The van der Waals surface area contributed by atoms with Gasteiger partial charge < -0.3 is 24.5 Å². The molecule has 4 rings (SSSR count). The number of fused-ring (bicyclic) bond motifs is 1. The highest BCUT2D eigenvalue weighted by Gasteiger charge is 2.79. The van der Waals surface area contributed by atoms with Crippen LogP contribution in [0.1, 0.15) is 65.9 Å². The zero-order chi connectivity index (χ0) is 30.2. The van der Waals surface area contributed by atoms with E-state index in [0.717, 1.165) is 5.56 Å². The van der Waals surface area contributed by atoms with Gasteiger partial charge in [-0.15, -0.1) is 13.2 Å². The number of carbonyl (C=O) groups is 3. The van der Waals surface area contributed by atoms with E-state index in [1.807, 2.05) is 65.0 Å². The van der Waals surface area contributed by atoms with E-state index in [2.05, 4.69) is 13.2 Å². The smallest absolute Gasteiger partial charge is 0.249 e. The first kappa shape index (κ1) is 31.0. The highest BCUT2D eigenvalue weighted by Crippen LogP contribution is 2.65. The Morgan fingerprint density at radius 1 is 1.12 bits per heavy atom. The molecule has 0 saturated carbocycles. The van der Waals surface area contributed by atoms with Crippen molar-refractivity contribution in [1.29, 1.82) is 0 Å². The molecule has 3 saturated heterocycles. The van der Waals surface area contributed by atoms with Crippen molar-refractivity contribution >= 4 is 17.7 Å². The summed E-state index contributed by atoms with van der Waals surface area (Å²) in [4.78, 5) is 48.7. The fraction of sp³-hybridized carbons (Fsp3) is 0.606. The van der Waals surface area contributed by atoms with Gasteiger partial charge in [-0.2, -0.15) is 0 Å². The van der Waals surface area contributed by atoms with Crippen LogP contribution < -0.4 is 0 Å². The summed E-state index contributed by atoms with van der Waals surface area (Å²) in [6.45, 7) is 18.2. The Bertz CT molecular complexity index is 1160. The van der Waals surface area contributed by atoms with Crippen LogP contribution in [0, 0.1) is 11.8 Å². The summed E-state index contributed by atoms with van der Waals surface area (Å²) in [6, 6.07) is 8.26. The van der Waals surface area contributed by atoms with Gasteiger partial charge in [0.25, 0.3) is 0 Å². The minimum absolute atomic E-state index is 0.153. The fourth-order valence-electron chi connectivity index (χ4n) is 7.48. The second-order valence-electron chi connectivity index (χ2n) is 12.7. The molecule has 8 nitrogen and oxygen atoms in total. The molecule has 2 unspecified atom stereocenters. The number of ether oxygens (including phenoxy) is 1. The van der Waals surface area contributed by atoms with E-state index in [9.17, 15) is 19.5 Å². The summed E-state index contributed by atoms with van der Waals surface area (Å²) in [5.74, 6) is -2.21. The van der Waals surface area contributed by atoms with Gasteiger partial charge in [-0.3, -0.25) is 14.4 Å². The predicted octanol–water partition coefficient (Wildman–Crippen LogP) is 3.94. The Balaban J connectivity index is 1.83. The summed E-state index contributed by atoms with van der Waals surface area (Å²) >= 11 is 0. The number of rotatable bonds is 12. The Morgan fingerprint density at radius 3 is 2.32 bits per heavy atom. The number of nitrogens with zero attached hydrogens (tertiary/aromatic N) is 3. The molecule has 2 bridgehead atoms. The molecule has 224 valence electrons. The molecule has 3 aliphatic heterocycles. The maximum absolute atomic E-state index is 14.6. The van der Waals surface area contributed by atoms with Gasteiger partial charge in [0.05, 0.1) is 30.1 Å². The fourth-order valence-corrected chi connectivity index (χ4v) is 7.48. The third-order valence-electron chi connectivity index (χ3n) is 9.46. The van der Waals surface area contributed by atoms with Crippen molar-refractivity contribution < 1.29 is 24.2 Å². The molecule has 8 heteroatoms. The Labute approximate surface area is 245 Å². The Morgan fingerprint density at radius 2 is 1.78 bits per heavy atom. The molecular formula is C33H47N3O5. The average molecular weight is 566 g/mol. The summed E-state index contributed by atoms with van der Waals surface area (Å²) < 4.78 is 6.96. The largest absolute Gasteiger partial charge is 0.394 e. The summed E-state index contributed by atoms with van der Waals surface area (Å²) in [6.07, 6.45) is 5.50. The van der Waals surface area contributed by atoms with Crippen molar-refractivity contribution in [1.82, 2.24) is 14.7 Å². The molecule has 3 heterocycles. The number of hydrogen-bond acceptors (Lipinski definition) is 5. The number of aliphatic hydroxyl groups excluding tert-OH is 1. The van der Waals surface area contributed by atoms with Gasteiger partial charge in [0.1, 0.15) is 11.6 Å². The molecule has 0 radical (unpaired) electrons. The third-order valence-corrected chi connectivity index (χ3v) is 9.46. The molecule has 3 aliphatic rings. The molecule has 1 aromatic carbocycles. The van der Waals surface area contributed by atoms with Crippen LogP contribution in [0.2, 0.25) is 0 Å². The standard InChI is InChI=1S/C33H47N3O5/c1-8-19-34(21-23-15-13-12-14-16-23)28(38)25-26-29(39)36(24(10-3)22-37)27(30(40)35(20-9-2)31(5,6)7)33(26)18-17-32(25,11-4)41-33/h8-9,12-16,24-27,37H,1-2,10-11,17-22H2,3-7H3/t24-,25-,26-,27?,32+,33?/m0/s1. The van der Waals surface area contributed by atoms with E-state index in [1.54, 1.807) is 26.9 Å².